The van der Waals surface area contributed by atoms with Crippen LogP contribution in [0.1, 0.15) is 45.6 Å². The normalized spacial score (nSPS) is 15.1. The second-order valence-electron chi connectivity index (χ2n) is 9.92. The molecule has 0 aliphatic heterocycles. The third kappa shape index (κ3) is 9.37. The second-order valence-corrected chi connectivity index (χ2v) is 9.92. The van der Waals surface area contributed by atoms with Gasteiger partial charge in [0.25, 0.3) is 0 Å². The lowest BCUT2D eigenvalue weighted by atomic mass is 10.0. The first-order valence-corrected chi connectivity index (χ1v) is 12.6. The Morgan fingerprint density at radius 1 is 0.923 bits per heavy atom. The summed E-state index contributed by atoms with van der Waals surface area (Å²) in [6, 6.07) is 2.09. The maximum absolute atomic E-state index is 13.3. The van der Waals surface area contributed by atoms with Crippen molar-refractivity contribution in [1.82, 2.24) is 20.9 Å². The van der Waals surface area contributed by atoms with Crippen molar-refractivity contribution in [2.45, 2.75) is 76.7 Å². The Kier molecular flexibility index (Phi) is 11.4. The number of amides is 3. The molecule has 1 heterocycles. The summed E-state index contributed by atoms with van der Waals surface area (Å²) < 4.78 is 0. The largest absolute Gasteiger partial charge is 0.481 e. The number of aromatic amines is 1. The number of carboxylic acid groups (broad SMARTS) is 2. The maximum Gasteiger partial charge on any atom is 0.326 e. The van der Waals surface area contributed by atoms with E-state index in [1.807, 2.05) is 38.1 Å². The van der Waals surface area contributed by atoms with Crippen LogP contribution in [0.3, 0.4) is 0 Å². The molecule has 13 nitrogen and oxygen atoms in total. The van der Waals surface area contributed by atoms with Gasteiger partial charge in [-0.25, -0.2) is 4.79 Å². The van der Waals surface area contributed by atoms with Crippen molar-refractivity contribution < 1.29 is 39.3 Å². The van der Waals surface area contributed by atoms with E-state index >= 15 is 0 Å². The molecule has 13 heteroatoms. The number of benzene rings is 1. The number of aliphatic carboxylic acids is 2. The van der Waals surface area contributed by atoms with Crippen LogP contribution in [0, 0.1) is 5.92 Å². The molecule has 0 bridgehead atoms. The highest BCUT2D eigenvalue weighted by atomic mass is 16.4. The summed E-state index contributed by atoms with van der Waals surface area (Å²) >= 11 is 0. The van der Waals surface area contributed by atoms with E-state index in [2.05, 4.69) is 20.9 Å². The van der Waals surface area contributed by atoms with Crippen LogP contribution < -0.4 is 21.7 Å². The van der Waals surface area contributed by atoms with Crippen molar-refractivity contribution in [2.24, 2.45) is 11.7 Å². The number of aliphatic hydroxyl groups excluding tert-OH is 1. The minimum atomic E-state index is -1.52. The van der Waals surface area contributed by atoms with Gasteiger partial charge in [-0.05, 0) is 37.3 Å². The van der Waals surface area contributed by atoms with Crippen molar-refractivity contribution in [3.8, 4) is 0 Å². The van der Waals surface area contributed by atoms with E-state index in [1.54, 1.807) is 6.20 Å². The average molecular weight is 548 g/mol. The Balaban J connectivity index is 2.28. The fraction of sp³-hybridized carbons (Fsp3) is 0.500. The summed E-state index contributed by atoms with van der Waals surface area (Å²) in [7, 11) is 0. The van der Waals surface area contributed by atoms with Gasteiger partial charge >= 0.3 is 11.9 Å². The van der Waals surface area contributed by atoms with E-state index in [0.29, 0.717) is 5.56 Å². The summed E-state index contributed by atoms with van der Waals surface area (Å²) in [6.45, 7) is 4.87. The number of para-hydroxylation sites is 1. The number of carboxylic acids is 2. The smallest absolute Gasteiger partial charge is 0.326 e. The van der Waals surface area contributed by atoms with Crippen LogP contribution in [-0.2, 0) is 30.4 Å². The van der Waals surface area contributed by atoms with Crippen LogP contribution in [0.5, 0.6) is 0 Å². The van der Waals surface area contributed by atoms with Crippen molar-refractivity contribution in [3.63, 3.8) is 0 Å². The van der Waals surface area contributed by atoms with E-state index in [-0.39, 0.29) is 31.6 Å². The van der Waals surface area contributed by atoms with Crippen LogP contribution in [0.15, 0.2) is 30.5 Å². The third-order valence-corrected chi connectivity index (χ3v) is 6.12. The summed E-state index contributed by atoms with van der Waals surface area (Å²) in [5, 5.41) is 36.7. The number of aliphatic hydroxyl groups is 1. The van der Waals surface area contributed by atoms with Crippen molar-refractivity contribution in [1.29, 1.82) is 0 Å². The number of rotatable bonds is 15. The Hall–Kier alpha value is -3.97. The first-order chi connectivity index (χ1) is 18.3. The molecule has 0 spiro atoms. The lowest BCUT2D eigenvalue weighted by Crippen LogP contribution is -2.60. The Morgan fingerprint density at radius 3 is 2.15 bits per heavy atom. The van der Waals surface area contributed by atoms with E-state index in [1.165, 1.54) is 6.92 Å². The van der Waals surface area contributed by atoms with Crippen molar-refractivity contribution in [2.75, 3.05) is 0 Å². The van der Waals surface area contributed by atoms with Gasteiger partial charge in [-0.2, -0.15) is 0 Å². The number of nitrogens with one attached hydrogen (secondary N) is 4. The highest BCUT2D eigenvalue weighted by Gasteiger charge is 2.33. The number of carbonyl (C=O) groups is 5. The molecular formula is C26H37N5O8. The second kappa shape index (κ2) is 14.3. The molecule has 9 N–H and O–H groups in total. The Bertz CT molecular complexity index is 1180. The fourth-order valence-electron chi connectivity index (χ4n) is 4.03. The zero-order chi connectivity index (χ0) is 29.3. The summed E-state index contributed by atoms with van der Waals surface area (Å²) in [6.07, 6.45) is -0.134. The van der Waals surface area contributed by atoms with Gasteiger partial charge in [-0.1, -0.05) is 32.0 Å². The molecule has 2 aromatic rings. The molecule has 2 rings (SSSR count). The Morgan fingerprint density at radius 2 is 1.56 bits per heavy atom. The maximum atomic E-state index is 13.3. The molecule has 0 fully saturated rings. The first kappa shape index (κ1) is 31.2. The van der Waals surface area contributed by atoms with Gasteiger partial charge in [0.1, 0.15) is 18.1 Å². The molecule has 39 heavy (non-hydrogen) atoms. The number of hydrogen-bond acceptors (Lipinski definition) is 7. The monoisotopic (exact) mass is 547 g/mol. The predicted molar refractivity (Wildman–Crippen MR) is 141 cm³/mol. The highest BCUT2D eigenvalue weighted by molar-refractivity contribution is 5.95. The molecule has 5 atom stereocenters. The molecule has 0 aliphatic carbocycles. The first-order valence-electron chi connectivity index (χ1n) is 12.6. The number of aromatic nitrogens is 1. The average Bonchev–Trinajstić information content (AvgIpc) is 3.26. The topological polar surface area (TPSA) is 224 Å². The zero-order valence-corrected chi connectivity index (χ0v) is 22.1. The van der Waals surface area contributed by atoms with Crippen LogP contribution in [0.4, 0.5) is 0 Å². The highest BCUT2D eigenvalue weighted by Crippen LogP contribution is 2.19. The molecule has 5 unspecified atom stereocenters. The van der Waals surface area contributed by atoms with Crippen LogP contribution in [-0.4, -0.2) is 80.2 Å². The van der Waals surface area contributed by atoms with Gasteiger partial charge in [0.2, 0.25) is 17.7 Å². The SMILES string of the molecule is CC(C)CC(NC(=O)C(Cc1c[nH]c2ccccc12)NC(=O)C(NC(=O)C(N)CCC(=O)O)C(C)O)C(=O)O. The van der Waals surface area contributed by atoms with Crippen molar-refractivity contribution >= 4 is 40.6 Å². The van der Waals surface area contributed by atoms with Crippen LogP contribution in [0.2, 0.25) is 0 Å². The van der Waals surface area contributed by atoms with Gasteiger partial charge in [0, 0.05) is 29.9 Å². The van der Waals surface area contributed by atoms with Gasteiger partial charge in [-0.15, -0.1) is 0 Å². The van der Waals surface area contributed by atoms with Crippen LogP contribution >= 0.6 is 0 Å². The van der Waals surface area contributed by atoms with Gasteiger partial charge in [0.15, 0.2) is 0 Å². The van der Waals surface area contributed by atoms with E-state index in [4.69, 9.17) is 10.8 Å². The molecule has 0 saturated carbocycles. The minimum absolute atomic E-state index is 0.0196. The molecule has 0 saturated heterocycles. The van der Waals surface area contributed by atoms with E-state index < -0.39 is 59.9 Å². The van der Waals surface area contributed by atoms with Gasteiger partial charge < -0.3 is 42.0 Å². The number of nitrogens with two attached hydrogens (primary N) is 1. The van der Waals surface area contributed by atoms with Crippen LogP contribution in [0.25, 0.3) is 10.9 Å². The quantitative estimate of drug-likeness (QED) is 0.148. The lowest BCUT2D eigenvalue weighted by Gasteiger charge is -2.26. The van der Waals surface area contributed by atoms with E-state index in [9.17, 15) is 34.2 Å². The summed E-state index contributed by atoms with van der Waals surface area (Å²) in [5.41, 5.74) is 7.19. The standard InChI is InChI=1S/C26H37N5O8/c1-13(2)10-20(26(38)39)30-24(36)19(11-15-12-28-18-7-5-4-6-16(15)18)29-25(37)22(14(3)32)31-23(35)17(27)8-9-21(33)34/h4-7,12-14,17,19-20,22,28,32H,8-11,27H2,1-3H3,(H,29,37)(H,30,36)(H,31,35)(H,33,34)(H,38,39). The number of fused-ring (bicyclic) bond motifs is 1. The summed E-state index contributed by atoms with van der Waals surface area (Å²) in [4.78, 5) is 64.5. The van der Waals surface area contributed by atoms with Crippen molar-refractivity contribution in [3.05, 3.63) is 36.0 Å². The van der Waals surface area contributed by atoms with Gasteiger partial charge in [-0.3, -0.25) is 19.2 Å². The Labute approximate surface area is 225 Å². The zero-order valence-electron chi connectivity index (χ0n) is 22.1. The third-order valence-electron chi connectivity index (χ3n) is 6.12. The number of hydrogen-bond donors (Lipinski definition) is 8. The fourth-order valence-corrected chi connectivity index (χ4v) is 4.03. The predicted octanol–water partition coefficient (Wildman–Crippen LogP) is -0.132. The number of H-pyrrole nitrogens is 1. The molecular weight excluding hydrogens is 510 g/mol. The molecule has 1 aromatic carbocycles. The lowest BCUT2D eigenvalue weighted by molar-refractivity contribution is -0.143. The molecule has 0 aliphatic rings. The molecule has 1 aromatic heterocycles. The van der Waals surface area contributed by atoms with Gasteiger partial charge in [0.05, 0.1) is 12.1 Å². The van der Waals surface area contributed by atoms with E-state index in [0.717, 1.165) is 10.9 Å². The molecule has 0 radical (unpaired) electrons. The number of carbonyl (C=O) groups excluding carboxylic acids is 3. The minimum Gasteiger partial charge on any atom is -0.481 e. The molecule has 214 valence electrons. The molecule has 3 amide bonds. The summed E-state index contributed by atoms with van der Waals surface area (Å²) in [5.74, 6) is -4.91.